The zero-order valence-corrected chi connectivity index (χ0v) is 11.7. The molecule has 1 aromatic rings. The number of hydrogen-bond acceptors (Lipinski definition) is 2. The molecule has 1 rings (SSSR count). The summed E-state index contributed by atoms with van der Waals surface area (Å²) in [4.78, 5) is 23.2. The SMILES string of the molecule is CCCCCC[C@@H](NC(=O)c1cccc(F)c1)C(N)=O. The predicted octanol–water partition coefficient (Wildman–Crippen LogP) is 2.38. The lowest BCUT2D eigenvalue weighted by molar-refractivity contribution is -0.120. The summed E-state index contributed by atoms with van der Waals surface area (Å²) in [5.74, 6) is -1.54. The molecular weight excluding hydrogens is 259 g/mol. The van der Waals surface area contributed by atoms with E-state index < -0.39 is 23.7 Å². The molecule has 110 valence electrons. The first-order valence-corrected chi connectivity index (χ1v) is 6.90. The van der Waals surface area contributed by atoms with Crippen LogP contribution in [0.1, 0.15) is 49.4 Å². The molecule has 4 nitrogen and oxygen atoms in total. The first kappa shape index (κ1) is 16.1. The lowest BCUT2D eigenvalue weighted by Gasteiger charge is -2.15. The van der Waals surface area contributed by atoms with Crippen LogP contribution in [0.4, 0.5) is 4.39 Å². The summed E-state index contributed by atoms with van der Waals surface area (Å²) in [6.07, 6.45) is 4.51. The molecule has 0 fully saturated rings. The van der Waals surface area contributed by atoms with Crippen molar-refractivity contribution in [3.63, 3.8) is 0 Å². The molecule has 0 aromatic heterocycles. The lowest BCUT2D eigenvalue weighted by Crippen LogP contribution is -2.44. The highest BCUT2D eigenvalue weighted by molar-refractivity contribution is 5.97. The Morgan fingerprint density at radius 1 is 1.30 bits per heavy atom. The second-order valence-corrected chi connectivity index (χ2v) is 4.79. The summed E-state index contributed by atoms with van der Waals surface area (Å²) < 4.78 is 13.0. The van der Waals surface area contributed by atoms with Crippen LogP contribution in [0.3, 0.4) is 0 Å². The molecule has 1 aromatic carbocycles. The third-order valence-corrected chi connectivity index (χ3v) is 3.08. The van der Waals surface area contributed by atoms with Gasteiger partial charge in [-0.15, -0.1) is 0 Å². The molecule has 0 unspecified atom stereocenters. The number of rotatable bonds is 8. The molecule has 0 saturated heterocycles. The summed E-state index contributed by atoms with van der Waals surface area (Å²) >= 11 is 0. The Morgan fingerprint density at radius 2 is 2.05 bits per heavy atom. The average molecular weight is 280 g/mol. The number of nitrogens with one attached hydrogen (secondary N) is 1. The molecule has 2 amide bonds. The fourth-order valence-corrected chi connectivity index (χ4v) is 1.93. The third-order valence-electron chi connectivity index (χ3n) is 3.08. The molecule has 5 heteroatoms. The Labute approximate surface area is 118 Å². The summed E-state index contributed by atoms with van der Waals surface area (Å²) in [5.41, 5.74) is 5.46. The molecule has 0 aliphatic rings. The molecule has 0 spiro atoms. The minimum Gasteiger partial charge on any atom is -0.368 e. The Hall–Kier alpha value is -1.91. The van der Waals surface area contributed by atoms with E-state index in [4.69, 9.17) is 5.73 Å². The first-order chi connectivity index (χ1) is 9.54. The molecule has 0 heterocycles. The molecule has 1 atom stereocenters. The lowest BCUT2D eigenvalue weighted by atomic mass is 10.1. The van der Waals surface area contributed by atoms with Crippen LogP contribution in [-0.4, -0.2) is 17.9 Å². The maximum absolute atomic E-state index is 13.0. The summed E-state index contributed by atoms with van der Waals surface area (Å²) in [7, 11) is 0. The van der Waals surface area contributed by atoms with E-state index in [1.165, 1.54) is 18.2 Å². The highest BCUT2D eigenvalue weighted by atomic mass is 19.1. The molecular formula is C15H21FN2O2. The van der Waals surface area contributed by atoms with Gasteiger partial charge in [0.1, 0.15) is 11.9 Å². The zero-order chi connectivity index (χ0) is 15.0. The van der Waals surface area contributed by atoms with Crippen LogP contribution in [-0.2, 0) is 4.79 Å². The van der Waals surface area contributed by atoms with Gasteiger partial charge in [0.25, 0.3) is 5.91 Å². The van der Waals surface area contributed by atoms with Crippen LogP contribution >= 0.6 is 0 Å². The first-order valence-electron chi connectivity index (χ1n) is 6.90. The number of carbonyl (C=O) groups excluding carboxylic acids is 2. The Balaban J connectivity index is 2.56. The molecule has 0 aliphatic carbocycles. The Morgan fingerprint density at radius 3 is 2.65 bits per heavy atom. The van der Waals surface area contributed by atoms with E-state index in [-0.39, 0.29) is 5.56 Å². The maximum Gasteiger partial charge on any atom is 0.252 e. The van der Waals surface area contributed by atoms with Gasteiger partial charge in [-0.25, -0.2) is 4.39 Å². The minimum atomic E-state index is -0.706. The summed E-state index contributed by atoms with van der Waals surface area (Å²) in [6, 6.07) is 4.62. The van der Waals surface area contributed by atoms with E-state index in [9.17, 15) is 14.0 Å². The van der Waals surface area contributed by atoms with Crippen molar-refractivity contribution in [3.05, 3.63) is 35.6 Å². The fraction of sp³-hybridized carbons (Fsp3) is 0.467. The van der Waals surface area contributed by atoms with Gasteiger partial charge >= 0.3 is 0 Å². The second kappa shape index (κ2) is 8.30. The maximum atomic E-state index is 13.0. The van der Waals surface area contributed by atoms with Crippen LogP contribution in [0.25, 0.3) is 0 Å². The van der Waals surface area contributed by atoms with E-state index in [1.807, 2.05) is 0 Å². The Kier molecular flexibility index (Phi) is 6.70. The van der Waals surface area contributed by atoms with Gasteiger partial charge in [-0.1, -0.05) is 38.7 Å². The van der Waals surface area contributed by atoms with Crippen molar-refractivity contribution in [2.75, 3.05) is 0 Å². The van der Waals surface area contributed by atoms with E-state index >= 15 is 0 Å². The molecule has 0 radical (unpaired) electrons. The zero-order valence-electron chi connectivity index (χ0n) is 11.7. The number of carbonyl (C=O) groups is 2. The van der Waals surface area contributed by atoms with Crippen molar-refractivity contribution >= 4 is 11.8 Å². The quantitative estimate of drug-likeness (QED) is 0.718. The van der Waals surface area contributed by atoms with Gasteiger partial charge in [0.05, 0.1) is 0 Å². The van der Waals surface area contributed by atoms with Crippen molar-refractivity contribution in [2.24, 2.45) is 5.73 Å². The van der Waals surface area contributed by atoms with Crippen LogP contribution in [0.15, 0.2) is 24.3 Å². The number of primary amides is 1. The van der Waals surface area contributed by atoms with Gasteiger partial charge in [-0.3, -0.25) is 9.59 Å². The number of halogens is 1. The average Bonchev–Trinajstić information content (AvgIpc) is 2.41. The van der Waals surface area contributed by atoms with Crippen molar-refractivity contribution in [1.82, 2.24) is 5.32 Å². The monoisotopic (exact) mass is 280 g/mol. The van der Waals surface area contributed by atoms with Crippen LogP contribution in [0, 0.1) is 5.82 Å². The topological polar surface area (TPSA) is 72.2 Å². The third kappa shape index (κ3) is 5.38. The van der Waals surface area contributed by atoms with Crippen LogP contribution in [0.2, 0.25) is 0 Å². The summed E-state index contributed by atoms with van der Waals surface area (Å²) in [5, 5.41) is 2.56. The molecule has 0 aliphatic heterocycles. The number of unbranched alkanes of at least 4 members (excludes halogenated alkanes) is 3. The van der Waals surface area contributed by atoms with Crippen molar-refractivity contribution in [2.45, 2.75) is 45.1 Å². The molecule has 0 saturated carbocycles. The van der Waals surface area contributed by atoms with Crippen molar-refractivity contribution in [1.29, 1.82) is 0 Å². The van der Waals surface area contributed by atoms with Gasteiger partial charge in [0, 0.05) is 5.56 Å². The van der Waals surface area contributed by atoms with Gasteiger partial charge in [0.2, 0.25) is 5.91 Å². The molecule has 0 bridgehead atoms. The normalized spacial score (nSPS) is 11.9. The molecule has 3 N–H and O–H groups in total. The van der Waals surface area contributed by atoms with Crippen LogP contribution < -0.4 is 11.1 Å². The predicted molar refractivity (Wildman–Crippen MR) is 75.6 cm³/mol. The van der Waals surface area contributed by atoms with E-state index in [2.05, 4.69) is 12.2 Å². The second-order valence-electron chi connectivity index (χ2n) is 4.79. The highest BCUT2D eigenvalue weighted by Gasteiger charge is 2.18. The van der Waals surface area contributed by atoms with Crippen molar-refractivity contribution in [3.8, 4) is 0 Å². The smallest absolute Gasteiger partial charge is 0.252 e. The summed E-state index contributed by atoms with van der Waals surface area (Å²) in [6.45, 7) is 2.09. The molecule has 20 heavy (non-hydrogen) atoms. The van der Waals surface area contributed by atoms with Gasteiger partial charge in [-0.05, 0) is 24.6 Å². The van der Waals surface area contributed by atoms with E-state index in [0.29, 0.717) is 6.42 Å². The van der Waals surface area contributed by atoms with E-state index in [0.717, 1.165) is 31.7 Å². The number of amides is 2. The van der Waals surface area contributed by atoms with Gasteiger partial charge in [-0.2, -0.15) is 0 Å². The van der Waals surface area contributed by atoms with Gasteiger partial charge in [0.15, 0.2) is 0 Å². The van der Waals surface area contributed by atoms with Gasteiger partial charge < -0.3 is 11.1 Å². The fourth-order valence-electron chi connectivity index (χ4n) is 1.93. The van der Waals surface area contributed by atoms with Crippen LogP contribution in [0.5, 0.6) is 0 Å². The standard InChI is InChI=1S/C15H21FN2O2/c1-2-3-4-5-9-13(14(17)19)18-15(20)11-7-6-8-12(16)10-11/h6-8,10,13H,2-5,9H2,1H3,(H2,17,19)(H,18,20)/t13-/m1/s1. The Bertz CT molecular complexity index is 463. The largest absolute Gasteiger partial charge is 0.368 e. The number of benzene rings is 1. The number of hydrogen-bond donors (Lipinski definition) is 2. The minimum absolute atomic E-state index is 0.185. The van der Waals surface area contributed by atoms with E-state index in [1.54, 1.807) is 0 Å². The van der Waals surface area contributed by atoms with Crippen molar-refractivity contribution < 1.29 is 14.0 Å². The number of nitrogens with two attached hydrogens (primary N) is 1. The highest BCUT2D eigenvalue weighted by Crippen LogP contribution is 2.08.